The number of aromatic nitrogens is 1. The summed E-state index contributed by atoms with van der Waals surface area (Å²) in [7, 11) is 0. The van der Waals surface area contributed by atoms with Gasteiger partial charge in [0.05, 0.1) is 15.2 Å². The summed E-state index contributed by atoms with van der Waals surface area (Å²) in [6.45, 7) is 0. The molecule has 2 N–H and O–H groups in total. The van der Waals surface area contributed by atoms with Gasteiger partial charge in [-0.3, -0.25) is 4.79 Å². The Kier molecular flexibility index (Phi) is 3.00. The van der Waals surface area contributed by atoms with Crippen LogP contribution in [0.3, 0.4) is 0 Å². The van der Waals surface area contributed by atoms with Crippen LogP contribution in [0.25, 0.3) is 10.2 Å². The number of aromatic amines is 1. The number of thiophene rings is 1. The molecule has 1 aromatic carbocycles. The molecular formula is C13H8ClFN2OS. The first-order valence-electron chi connectivity index (χ1n) is 5.46. The molecule has 0 radical (unpaired) electrons. The van der Waals surface area contributed by atoms with E-state index in [-0.39, 0.29) is 10.9 Å². The van der Waals surface area contributed by atoms with Crippen LogP contribution >= 0.6 is 22.9 Å². The fourth-order valence-corrected chi connectivity index (χ4v) is 2.71. The van der Waals surface area contributed by atoms with Crippen molar-refractivity contribution in [3.8, 4) is 0 Å². The van der Waals surface area contributed by atoms with Crippen LogP contribution in [0.4, 0.5) is 10.1 Å². The fourth-order valence-electron chi connectivity index (χ4n) is 1.74. The summed E-state index contributed by atoms with van der Waals surface area (Å²) < 4.78 is 14.0. The van der Waals surface area contributed by atoms with Gasteiger partial charge in [0.2, 0.25) is 0 Å². The van der Waals surface area contributed by atoms with Crippen LogP contribution in [0, 0.1) is 5.82 Å². The van der Waals surface area contributed by atoms with Crippen LogP contribution in [0.1, 0.15) is 10.5 Å². The molecule has 2 aromatic heterocycles. The van der Waals surface area contributed by atoms with Crippen molar-refractivity contribution in [2.75, 3.05) is 5.32 Å². The van der Waals surface area contributed by atoms with E-state index in [2.05, 4.69) is 10.3 Å². The SMILES string of the molecule is O=C(Nc1ccc(F)c(Cl)c1)c1cc2sccc2[nH]1. The normalized spacial score (nSPS) is 10.8. The maximum atomic E-state index is 13.0. The van der Waals surface area contributed by atoms with Crippen molar-refractivity contribution in [1.29, 1.82) is 0 Å². The van der Waals surface area contributed by atoms with E-state index < -0.39 is 5.82 Å². The van der Waals surface area contributed by atoms with E-state index in [9.17, 15) is 9.18 Å². The third-order valence-electron chi connectivity index (χ3n) is 2.66. The Bertz CT molecular complexity index is 736. The molecule has 3 nitrogen and oxygen atoms in total. The summed E-state index contributed by atoms with van der Waals surface area (Å²) >= 11 is 7.21. The lowest BCUT2D eigenvalue weighted by molar-refractivity contribution is 0.102. The minimum absolute atomic E-state index is 0.0229. The van der Waals surface area contributed by atoms with E-state index in [0.717, 1.165) is 10.2 Å². The zero-order valence-corrected chi connectivity index (χ0v) is 11.1. The number of carbonyl (C=O) groups is 1. The zero-order chi connectivity index (χ0) is 13.4. The summed E-state index contributed by atoms with van der Waals surface area (Å²) in [6, 6.07) is 7.74. The predicted molar refractivity (Wildman–Crippen MR) is 75.5 cm³/mol. The van der Waals surface area contributed by atoms with Gasteiger partial charge < -0.3 is 10.3 Å². The highest BCUT2D eigenvalue weighted by Crippen LogP contribution is 2.23. The second-order valence-corrected chi connectivity index (χ2v) is 5.32. The van der Waals surface area contributed by atoms with E-state index >= 15 is 0 Å². The summed E-state index contributed by atoms with van der Waals surface area (Å²) in [6.07, 6.45) is 0. The van der Waals surface area contributed by atoms with Gasteiger partial charge in [-0.1, -0.05) is 11.6 Å². The third-order valence-corrected chi connectivity index (χ3v) is 3.82. The molecule has 0 atom stereocenters. The Balaban J connectivity index is 1.84. The Labute approximate surface area is 117 Å². The molecule has 19 heavy (non-hydrogen) atoms. The monoisotopic (exact) mass is 294 g/mol. The molecule has 3 rings (SSSR count). The van der Waals surface area contributed by atoms with Gasteiger partial charge in [0.1, 0.15) is 11.5 Å². The average molecular weight is 295 g/mol. The van der Waals surface area contributed by atoms with Crippen molar-refractivity contribution in [2.45, 2.75) is 0 Å². The molecule has 0 aliphatic rings. The molecule has 96 valence electrons. The van der Waals surface area contributed by atoms with Crippen molar-refractivity contribution < 1.29 is 9.18 Å². The molecule has 3 aromatic rings. The first-order chi connectivity index (χ1) is 9.13. The molecule has 0 saturated heterocycles. The number of amides is 1. The van der Waals surface area contributed by atoms with E-state index in [1.54, 1.807) is 17.4 Å². The number of anilines is 1. The van der Waals surface area contributed by atoms with Crippen LogP contribution in [0.2, 0.25) is 5.02 Å². The zero-order valence-electron chi connectivity index (χ0n) is 9.54. The van der Waals surface area contributed by atoms with Crippen LogP contribution in [0.15, 0.2) is 35.7 Å². The topological polar surface area (TPSA) is 44.9 Å². The number of benzene rings is 1. The van der Waals surface area contributed by atoms with Gasteiger partial charge in [0.25, 0.3) is 5.91 Å². The van der Waals surface area contributed by atoms with Gasteiger partial charge in [-0.2, -0.15) is 0 Å². The van der Waals surface area contributed by atoms with E-state index in [0.29, 0.717) is 11.4 Å². The lowest BCUT2D eigenvalue weighted by Gasteiger charge is -2.04. The molecule has 0 aliphatic carbocycles. The molecule has 0 bridgehead atoms. The highest BCUT2D eigenvalue weighted by atomic mass is 35.5. The second kappa shape index (κ2) is 4.68. The molecule has 1 amide bonds. The van der Waals surface area contributed by atoms with Gasteiger partial charge in [0, 0.05) is 5.69 Å². The van der Waals surface area contributed by atoms with Crippen LogP contribution in [-0.2, 0) is 0 Å². The van der Waals surface area contributed by atoms with Gasteiger partial charge in [0.15, 0.2) is 0 Å². The Morgan fingerprint density at radius 1 is 1.32 bits per heavy atom. The lowest BCUT2D eigenvalue weighted by atomic mass is 10.3. The minimum atomic E-state index is -0.514. The van der Waals surface area contributed by atoms with Gasteiger partial charge in [-0.15, -0.1) is 11.3 Å². The summed E-state index contributed by atoms with van der Waals surface area (Å²) in [5.41, 5.74) is 1.84. The van der Waals surface area contributed by atoms with Crippen molar-refractivity contribution in [3.05, 3.63) is 52.2 Å². The summed E-state index contributed by atoms with van der Waals surface area (Å²) in [5.74, 6) is -0.800. The predicted octanol–water partition coefficient (Wildman–Crippen LogP) is 4.27. The van der Waals surface area contributed by atoms with Crippen molar-refractivity contribution >= 4 is 44.7 Å². The van der Waals surface area contributed by atoms with E-state index in [1.807, 2.05) is 11.4 Å². The highest BCUT2D eigenvalue weighted by molar-refractivity contribution is 7.17. The second-order valence-electron chi connectivity index (χ2n) is 3.96. The maximum Gasteiger partial charge on any atom is 0.272 e. The lowest BCUT2D eigenvalue weighted by Crippen LogP contribution is -2.12. The van der Waals surface area contributed by atoms with Crippen LogP contribution in [-0.4, -0.2) is 10.9 Å². The number of hydrogen-bond donors (Lipinski definition) is 2. The average Bonchev–Trinajstić information content (AvgIpc) is 2.94. The maximum absolute atomic E-state index is 13.0. The number of fused-ring (bicyclic) bond motifs is 1. The number of nitrogens with one attached hydrogen (secondary N) is 2. The molecular weight excluding hydrogens is 287 g/mol. The van der Waals surface area contributed by atoms with Crippen LogP contribution in [0.5, 0.6) is 0 Å². The fraction of sp³-hybridized carbons (Fsp3) is 0. The Hall–Kier alpha value is -1.85. The minimum Gasteiger partial charge on any atom is -0.350 e. The molecule has 0 saturated carbocycles. The molecule has 0 spiro atoms. The van der Waals surface area contributed by atoms with Gasteiger partial charge in [-0.25, -0.2) is 4.39 Å². The molecule has 0 aliphatic heterocycles. The van der Waals surface area contributed by atoms with Crippen LogP contribution < -0.4 is 5.32 Å². The Morgan fingerprint density at radius 2 is 2.16 bits per heavy atom. The number of rotatable bonds is 2. The van der Waals surface area contributed by atoms with E-state index in [4.69, 9.17) is 11.6 Å². The molecule has 0 unspecified atom stereocenters. The number of halogens is 2. The number of H-pyrrole nitrogens is 1. The summed E-state index contributed by atoms with van der Waals surface area (Å²) in [4.78, 5) is 15.0. The third kappa shape index (κ3) is 2.34. The molecule has 0 fully saturated rings. The van der Waals surface area contributed by atoms with Crippen molar-refractivity contribution in [2.24, 2.45) is 0 Å². The number of carbonyl (C=O) groups excluding carboxylic acids is 1. The smallest absolute Gasteiger partial charge is 0.272 e. The first-order valence-corrected chi connectivity index (χ1v) is 6.72. The standard InChI is InChI=1S/C13H8ClFN2OS/c14-8-5-7(1-2-9(8)15)16-13(18)11-6-12-10(17-11)3-4-19-12/h1-6,17H,(H,16,18). The van der Waals surface area contributed by atoms with Gasteiger partial charge in [-0.05, 0) is 35.7 Å². The van der Waals surface area contributed by atoms with Crippen molar-refractivity contribution in [3.63, 3.8) is 0 Å². The molecule has 2 heterocycles. The first kappa shape index (κ1) is 12.2. The number of hydrogen-bond acceptors (Lipinski definition) is 2. The van der Waals surface area contributed by atoms with Crippen molar-refractivity contribution in [1.82, 2.24) is 4.98 Å². The Morgan fingerprint density at radius 3 is 2.89 bits per heavy atom. The van der Waals surface area contributed by atoms with E-state index in [1.165, 1.54) is 18.2 Å². The molecule has 6 heteroatoms. The quantitative estimate of drug-likeness (QED) is 0.728. The highest BCUT2D eigenvalue weighted by Gasteiger charge is 2.11. The largest absolute Gasteiger partial charge is 0.350 e. The van der Waals surface area contributed by atoms with Gasteiger partial charge >= 0.3 is 0 Å². The summed E-state index contributed by atoms with van der Waals surface area (Å²) in [5, 5.41) is 4.58.